The van der Waals surface area contributed by atoms with Crippen molar-refractivity contribution in [2.45, 2.75) is 0 Å². The van der Waals surface area contributed by atoms with Crippen LogP contribution in [0, 0.1) is 0 Å². The number of aromatic nitrogens is 6. The van der Waals surface area contributed by atoms with Crippen molar-refractivity contribution in [1.29, 1.82) is 0 Å². The topological polar surface area (TPSA) is 74.6 Å². The summed E-state index contributed by atoms with van der Waals surface area (Å²) >= 11 is 5.36. The second-order valence-corrected chi connectivity index (χ2v) is 27.5. The number of rotatable bonds is 4. The Balaban J connectivity index is 0.000000126. The van der Waals surface area contributed by atoms with Gasteiger partial charge in [0.15, 0.2) is 11.6 Å². The van der Waals surface area contributed by atoms with Crippen LogP contribution in [-0.2, 0) is 0 Å². The molecule has 0 spiro atoms. The van der Waals surface area contributed by atoms with Gasteiger partial charge in [0, 0.05) is 93.9 Å². The summed E-state index contributed by atoms with van der Waals surface area (Å²) in [7, 11) is 0. The molecule has 0 aliphatic carbocycles. The molecule has 0 saturated carbocycles. The molecule has 0 aliphatic heterocycles. The molecule has 22 rings (SSSR count). The maximum Gasteiger partial charge on any atom is 0.248 e. The summed E-state index contributed by atoms with van der Waals surface area (Å²) in [5.41, 5.74) is 11.4. The Hall–Kier alpha value is -11.7. The standard InChI is InChI=1S/C42H23N3OS.C42H23N3S2/c1-2-12-26-23-34-33(22-25(26)11-1)29-21-20-24-10-3-4-13-27(24)39(29)45(34)41-37(43-38-31-15-5-7-18-35(31)46-42(38)44-41)32-17-9-16-30-28-14-6-8-19-36(28)47-40(30)32;1-2-12-26-23-34-32(22-25(26)11-1)37-27-13-4-3-10-24(27)20-21-33(37)45(34)41-38(43-39-30-15-6-8-19-36(30)47-42(39)44-41)31-17-9-16-29-28-14-5-7-18-35(28)46-40(29)31/h2*1-23H. The molecule has 8 heterocycles. The highest BCUT2D eigenvalue weighted by molar-refractivity contribution is 7.27. The highest BCUT2D eigenvalue weighted by atomic mass is 32.1. The van der Waals surface area contributed by atoms with Crippen molar-refractivity contribution in [1.82, 2.24) is 29.1 Å². The Morgan fingerprint density at radius 1 is 0.287 bits per heavy atom. The summed E-state index contributed by atoms with van der Waals surface area (Å²) in [5.74, 6) is 1.62. The van der Waals surface area contributed by atoms with Gasteiger partial charge in [-0.1, -0.05) is 218 Å². The van der Waals surface area contributed by atoms with E-state index in [0.717, 1.165) is 88.4 Å². The summed E-state index contributed by atoms with van der Waals surface area (Å²) in [6, 6.07) is 100. The summed E-state index contributed by atoms with van der Waals surface area (Å²) in [5, 5.41) is 21.6. The van der Waals surface area contributed by atoms with Crippen LogP contribution in [-0.4, -0.2) is 29.1 Å². The van der Waals surface area contributed by atoms with Gasteiger partial charge in [0.25, 0.3) is 0 Å². The second kappa shape index (κ2) is 19.9. The fourth-order valence-electron chi connectivity index (χ4n) is 15.0. The molecule has 22 aromatic rings. The van der Waals surface area contributed by atoms with Crippen LogP contribution in [0.5, 0.6) is 0 Å². The van der Waals surface area contributed by atoms with Gasteiger partial charge in [0.05, 0.1) is 22.1 Å². The van der Waals surface area contributed by atoms with Crippen LogP contribution >= 0.6 is 34.0 Å². The van der Waals surface area contributed by atoms with Crippen LogP contribution < -0.4 is 0 Å². The molecule has 0 amide bonds. The lowest BCUT2D eigenvalue weighted by Gasteiger charge is -2.14. The molecule has 94 heavy (non-hydrogen) atoms. The van der Waals surface area contributed by atoms with Gasteiger partial charge in [0.1, 0.15) is 32.8 Å². The number of furan rings is 1. The van der Waals surface area contributed by atoms with Crippen LogP contribution in [0.2, 0.25) is 0 Å². The lowest BCUT2D eigenvalue weighted by atomic mass is 10.0. The Morgan fingerprint density at radius 2 is 0.766 bits per heavy atom. The first kappa shape index (κ1) is 52.0. The number of nitrogens with zero attached hydrogens (tertiary/aromatic N) is 6. The lowest BCUT2D eigenvalue weighted by molar-refractivity contribution is 0.652. The third kappa shape index (κ3) is 7.58. The first-order valence-electron chi connectivity index (χ1n) is 31.5. The summed E-state index contributed by atoms with van der Waals surface area (Å²) < 4.78 is 17.3. The minimum Gasteiger partial charge on any atom is -0.436 e. The molecule has 8 aromatic heterocycles. The number of fused-ring (bicyclic) bond motifs is 24. The third-order valence-corrected chi connectivity index (χ3v) is 22.7. The van der Waals surface area contributed by atoms with Crippen molar-refractivity contribution in [2.24, 2.45) is 0 Å². The highest BCUT2D eigenvalue weighted by Gasteiger charge is 2.27. The average molecular weight is 1250 g/mol. The van der Waals surface area contributed by atoms with Crippen LogP contribution in [0.4, 0.5) is 0 Å². The minimum absolute atomic E-state index is 0.532. The van der Waals surface area contributed by atoms with Crippen molar-refractivity contribution >= 4 is 204 Å². The largest absolute Gasteiger partial charge is 0.436 e. The van der Waals surface area contributed by atoms with E-state index in [-0.39, 0.29) is 0 Å². The maximum atomic E-state index is 6.42. The Labute approximate surface area is 546 Å². The van der Waals surface area contributed by atoms with E-state index in [9.17, 15) is 0 Å². The van der Waals surface area contributed by atoms with Crippen molar-refractivity contribution in [3.05, 3.63) is 279 Å². The normalized spacial score (nSPS) is 12.3. The molecule has 0 saturated heterocycles. The summed E-state index contributed by atoms with van der Waals surface area (Å²) in [6.45, 7) is 0. The molecule has 14 aromatic carbocycles. The number of hydrogen-bond acceptors (Lipinski definition) is 8. The molecule has 436 valence electrons. The zero-order valence-electron chi connectivity index (χ0n) is 49.9. The first-order chi connectivity index (χ1) is 46.6. The predicted octanol–water partition coefficient (Wildman–Crippen LogP) is 24.1. The van der Waals surface area contributed by atoms with E-state index in [4.69, 9.17) is 24.4 Å². The van der Waals surface area contributed by atoms with Gasteiger partial charge in [-0.3, -0.25) is 9.13 Å². The van der Waals surface area contributed by atoms with Gasteiger partial charge in [0.2, 0.25) is 5.71 Å². The van der Waals surface area contributed by atoms with Crippen LogP contribution in [0.15, 0.2) is 283 Å². The van der Waals surface area contributed by atoms with Crippen LogP contribution in [0.1, 0.15) is 0 Å². The molecule has 7 nitrogen and oxygen atoms in total. The van der Waals surface area contributed by atoms with Crippen molar-refractivity contribution in [2.75, 3.05) is 0 Å². The zero-order chi connectivity index (χ0) is 61.3. The van der Waals surface area contributed by atoms with Gasteiger partial charge in [-0.25, -0.2) is 15.0 Å². The van der Waals surface area contributed by atoms with E-state index in [1.807, 2.05) is 40.9 Å². The molecule has 10 heteroatoms. The lowest BCUT2D eigenvalue weighted by Crippen LogP contribution is -2.03. The van der Waals surface area contributed by atoms with E-state index in [2.05, 4.69) is 270 Å². The zero-order valence-corrected chi connectivity index (χ0v) is 52.3. The number of para-hydroxylation sites is 1. The van der Waals surface area contributed by atoms with Gasteiger partial charge in [-0.15, -0.1) is 34.0 Å². The SMILES string of the molecule is c1ccc2cc3c(cc2c1)c1c2ccccc2ccc1n3-c1nc2sc3ccccc3c2nc1-c1cccc2c1sc1ccccc12.c1ccc2cc3c(cc2c1)c1ccc2ccccc2c1n3-c1nc2oc3ccccc3c2nc1-c1cccc2c1sc1ccccc12. The predicted molar refractivity (Wildman–Crippen MR) is 400 cm³/mol. The maximum absolute atomic E-state index is 6.42. The third-order valence-electron chi connectivity index (χ3n) is 19.2. The van der Waals surface area contributed by atoms with Gasteiger partial charge < -0.3 is 4.42 Å². The van der Waals surface area contributed by atoms with Crippen LogP contribution in [0.25, 0.3) is 204 Å². The molecular formula is C84H46N6OS3. The Kier molecular flexibility index (Phi) is 11.0. The molecule has 0 fully saturated rings. The molecule has 0 atom stereocenters. The highest BCUT2D eigenvalue weighted by Crippen LogP contribution is 2.48. The van der Waals surface area contributed by atoms with Crippen molar-refractivity contribution in [3.8, 4) is 34.2 Å². The molecule has 0 radical (unpaired) electrons. The van der Waals surface area contributed by atoms with Crippen molar-refractivity contribution in [3.63, 3.8) is 0 Å². The van der Waals surface area contributed by atoms with E-state index >= 15 is 0 Å². The second-order valence-electron chi connectivity index (χ2n) is 24.3. The van der Waals surface area contributed by atoms with E-state index in [1.54, 1.807) is 11.3 Å². The average Bonchev–Trinajstić information content (AvgIpc) is 1.56. The Bertz CT molecular complexity index is 7000. The smallest absolute Gasteiger partial charge is 0.248 e. The minimum atomic E-state index is 0.532. The molecule has 0 N–H and O–H groups in total. The van der Waals surface area contributed by atoms with E-state index < -0.39 is 0 Å². The van der Waals surface area contributed by atoms with Crippen molar-refractivity contribution < 1.29 is 4.42 Å². The van der Waals surface area contributed by atoms with E-state index in [1.165, 1.54) is 110 Å². The number of thiophene rings is 3. The molecule has 0 aliphatic rings. The molecular weight excluding hydrogens is 1210 g/mol. The fraction of sp³-hybridized carbons (Fsp3) is 0. The number of benzene rings is 14. The van der Waals surface area contributed by atoms with E-state index in [0.29, 0.717) is 5.71 Å². The van der Waals surface area contributed by atoms with Crippen LogP contribution in [0.3, 0.4) is 0 Å². The molecule has 0 bridgehead atoms. The Morgan fingerprint density at radius 3 is 1.43 bits per heavy atom. The molecule has 0 unspecified atom stereocenters. The summed E-state index contributed by atoms with van der Waals surface area (Å²) in [4.78, 5) is 23.0. The first-order valence-corrected chi connectivity index (χ1v) is 34.0. The summed E-state index contributed by atoms with van der Waals surface area (Å²) in [6.07, 6.45) is 0. The quantitative estimate of drug-likeness (QED) is 0.176. The van der Waals surface area contributed by atoms with Gasteiger partial charge in [-0.05, 0) is 98.4 Å². The van der Waals surface area contributed by atoms with Gasteiger partial charge in [-0.2, -0.15) is 4.98 Å². The monoisotopic (exact) mass is 1250 g/mol. The van der Waals surface area contributed by atoms with Gasteiger partial charge >= 0.3 is 0 Å². The number of hydrogen-bond donors (Lipinski definition) is 0. The fourth-order valence-corrected chi connectivity index (χ4v) is 18.4.